The van der Waals surface area contributed by atoms with Crippen LogP contribution in [0.25, 0.3) is 0 Å². The van der Waals surface area contributed by atoms with Crippen LogP contribution < -0.4 is 0 Å². The highest BCUT2D eigenvalue weighted by atomic mass is 16.4. The molecule has 94 valence electrons. The lowest BCUT2D eigenvalue weighted by molar-refractivity contribution is -0.141. The van der Waals surface area contributed by atoms with Gasteiger partial charge in [-0.05, 0) is 25.1 Å². The number of rotatable bonds is 6. The fourth-order valence-corrected chi connectivity index (χ4v) is 1.59. The molecule has 0 aromatic carbocycles. The first kappa shape index (κ1) is 13.6. The van der Waals surface area contributed by atoms with E-state index >= 15 is 0 Å². The molecule has 0 amide bonds. The van der Waals surface area contributed by atoms with Crippen molar-refractivity contribution in [3.8, 4) is 0 Å². The Kier molecular flexibility index (Phi) is 5.10. The quantitative estimate of drug-likeness (QED) is 0.820. The summed E-state index contributed by atoms with van der Waals surface area (Å²) in [6.07, 6.45) is 1.84. The van der Waals surface area contributed by atoms with Crippen LogP contribution in [0.3, 0.4) is 0 Å². The topological polar surface area (TPSA) is 53.4 Å². The van der Waals surface area contributed by atoms with E-state index in [9.17, 15) is 4.79 Å². The van der Waals surface area contributed by atoms with Gasteiger partial charge in [-0.1, -0.05) is 19.9 Å². The molecule has 1 rings (SSSR count). The van der Waals surface area contributed by atoms with Crippen molar-refractivity contribution in [2.45, 2.75) is 27.3 Å². The molecule has 0 saturated carbocycles. The first-order valence-electron chi connectivity index (χ1n) is 5.89. The number of aryl methyl sites for hydroxylation is 1. The highest BCUT2D eigenvalue weighted by Crippen LogP contribution is 2.06. The summed E-state index contributed by atoms with van der Waals surface area (Å²) in [7, 11) is 0. The molecular weight excluding hydrogens is 216 g/mol. The van der Waals surface area contributed by atoms with E-state index in [1.54, 1.807) is 6.92 Å². The summed E-state index contributed by atoms with van der Waals surface area (Å²) in [6.45, 7) is 7.85. The number of carbonyl (C=O) groups is 1. The third-order valence-corrected chi connectivity index (χ3v) is 2.76. The number of carboxylic acid groups (broad SMARTS) is 1. The van der Waals surface area contributed by atoms with Crippen molar-refractivity contribution >= 4 is 5.97 Å². The van der Waals surface area contributed by atoms with Crippen LogP contribution in [0.1, 0.15) is 25.1 Å². The molecule has 0 radical (unpaired) electrons. The maximum Gasteiger partial charge on any atom is 0.307 e. The fraction of sp³-hybridized carbons (Fsp3) is 0.538. The second-order valence-electron chi connectivity index (χ2n) is 4.39. The van der Waals surface area contributed by atoms with Gasteiger partial charge in [0.25, 0.3) is 0 Å². The molecule has 1 N–H and O–H groups in total. The third kappa shape index (κ3) is 4.53. The number of carboxylic acids is 1. The number of aromatic nitrogens is 1. The van der Waals surface area contributed by atoms with Crippen molar-refractivity contribution in [3.63, 3.8) is 0 Å². The first-order valence-corrected chi connectivity index (χ1v) is 5.89. The number of hydrogen-bond acceptors (Lipinski definition) is 3. The van der Waals surface area contributed by atoms with E-state index in [0.29, 0.717) is 13.1 Å². The molecule has 1 unspecified atom stereocenters. The van der Waals surface area contributed by atoms with Gasteiger partial charge in [-0.3, -0.25) is 14.7 Å². The Morgan fingerprint density at radius 2 is 2.24 bits per heavy atom. The zero-order valence-corrected chi connectivity index (χ0v) is 10.7. The minimum absolute atomic E-state index is 0.347. The van der Waals surface area contributed by atoms with Crippen molar-refractivity contribution in [1.82, 2.24) is 9.88 Å². The van der Waals surface area contributed by atoms with Gasteiger partial charge < -0.3 is 5.11 Å². The highest BCUT2D eigenvalue weighted by molar-refractivity contribution is 5.69. The van der Waals surface area contributed by atoms with E-state index < -0.39 is 5.97 Å². The van der Waals surface area contributed by atoms with Gasteiger partial charge in [0.2, 0.25) is 0 Å². The lowest BCUT2D eigenvalue weighted by atomic mass is 10.1. The second-order valence-corrected chi connectivity index (χ2v) is 4.39. The Labute approximate surface area is 102 Å². The minimum atomic E-state index is -0.750. The number of aliphatic carboxylic acids is 1. The molecule has 0 aliphatic rings. The van der Waals surface area contributed by atoms with Gasteiger partial charge in [-0.15, -0.1) is 0 Å². The second kappa shape index (κ2) is 6.35. The molecule has 1 atom stereocenters. The smallest absolute Gasteiger partial charge is 0.307 e. The molecule has 0 spiro atoms. The predicted octanol–water partition coefficient (Wildman–Crippen LogP) is 1.93. The Hall–Kier alpha value is -1.42. The molecular formula is C13H20N2O2. The summed E-state index contributed by atoms with van der Waals surface area (Å²) in [5.74, 6) is -1.10. The third-order valence-electron chi connectivity index (χ3n) is 2.76. The molecule has 0 saturated heterocycles. The number of nitrogens with zero attached hydrogens (tertiary/aromatic N) is 2. The Morgan fingerprint density at radius 1 is 1.53 bits per heavy atom. The summed E-state index contributed by atoms with van der Waals surface area (Å²) in [6, 6.07) is 4.01. The van der Waals surface area contributed by atoms with Gasteiger partial charge in [-0.2, -0.15) is 0 Å². The summed E-state index contributed by atoms with van der Waals surface area (Å²) in [5, 5.41) is 8.89. The lowest BCUT2D eigenvalue weighted by Gasteiger charge is -2.22. The van der Waals surface area contributed by atoms with Gasteiger partial charge in [0.15, 0.2) is 0 Å². The minimum Gasteiger partial charge on any atom is -0.481 e. The van der Waals surface area contributed by atoms with Crippen LogP contribution >= 0.6 is 0 Å². The highest BCUT2D eigenvalue weighted by Gasteiger charge is 2.15. The maximum atomic E-state index is 10.8. The fourth-order valence-electron chi connectivity index (χ4n) is 1.59. The average molecular weight is 236 g/mol. The Morgan fingerprint density at radius 3 is 2.71 bits per heavy atom. The standard InChI is InChI=1S/C13H20N2O2/c1-4-15(8-11(3)13(16)17)9-12-6-5-10(2)7-14-12/h5-7,11H,4,8-9H2,1-3H3,(H,16,17). The van der Waals surface area contributed by atoms with Crippen molar-refractivity contribution in [2.24, 2.45) is 5.92 Å². The molecule has 17 heavy (non-hydrogen) atoms. The van der Waals surface area contributed by atoms with Crippen molar-refractivity contribution < 1.29 is 9.90 Å². The van der Waals surface area contributed by atoms with Crippen molar-refractivity contribution in [1.29, 1.82) is 0 Å². The van der Waals surface area contributed by atoms with E-state index in [-0.39, 0.29) is 5.92 Å². The van der Waals surface area contributed by atoms with Crippen molar-refractivity contribution in [2.75, 3.05) is 13.1 Å². The summed E-state index contributed by atoms with van der Waals surface area (Å²) < 4.78 is 0. The first-order chi connectivity index (χ1) is 8.02. The zero-order chi connectivity index (χ0) is 12.8. The van der Waals surface area contributed by atoms with Crippen LogP contribution in [0.2, 0.25) is 0 Å². The average Bonchev–Trinajstić information content (AvgIpc) is 2.30. The van der Waals surface area contributed by atoms with Crippen molar-refractivity contribution in [3.05, 3.63) is 29.6 Å². The molecule has 0 bridgehead atoms. The maximum absolute atomic E-state index is 10.8. The summed E-state index contributed by atoms with van der Waals surface area (Å²) in [5.41, 5.74) is 2.12. The molecule has 0 aliphatic heterocycles. The van der Waals surface area contributed by atoms with Gasteiger partial charge in [0, 0.05) is 19.3 Å². The van der Waals surface area contributed by atoms with Gasteiger partial charge in [-0.25, -0.2) is 0 Å². The van der Waals surface area contributed by atoms with E-state index in [1.165, 1.54) is 0 Å². The molecule has 1 aromatic rings. The molecule has 0 fully saturated rings. The Balaban J connectivity index is 2.57. The van der Waals surface area contributed by atoms with E-state index in [0.717, 1.165) is 17.8 Å². The van der Waals surface area contributed by atoms with E-state index in [2.05, 4.69) is 9.88 Å². The molecule has 4 nitrogen and oxygen atoms in total. The lowest BCUT2D eigenvalue weighted by Crippen LogP contribution is -2.31. The number of pyridine rings is 1. The zero-order valence-electron chi connectivity index (χ0n) is 10.7. The molecule has 4 heteroatoms. The van der Waals surface area contributed by atoms with Crippen LogP contribution in [0, 0.1) is 12.8 Å². The van der Waals surface area contributed by atoms with Gasteiger partial charge in [0.05, 0.1) is 11.6 Å². The molecule has 1 aromatic heterocycles. The van der Waals surface area contributed by atoms with E-state index in [4.69, 9.17) is 5.11 Å². The van der Waals surface area contributed by atoms with Crippen LogP contribution in [0.4, 0.5) is 0 Å². The van der Waals surface area contributed by atoms with Gasteiger partial charge >= 0.3 is 5.97 Å². The molecule has 1 heterocycles. The summed E-state index contributed by atoms with van der Waals surface area (Å²) >= 11 is 0. The van der Waals surface area contributed by atoms with Gasteiger partial charge in [0.1, 0.15) is 0 Å². The molecule has 0 aliphatic carbocycles. The SMILES string of the molecule is CCN(Cc1ccc(C)cn1)CC(C)C(=O)O. The normalized spacial score (nSPS) is 12.7. The predicted molar refractivity (Wildman–Crippen MR) is 66.7 cm³/mol. The summed E-state index contributed by atoms with van der Waals surface area (Å²) in [4.78, 5) is 17.2. The van der Waals surface area contributed by atoms with Crippen LogP contribution in [-0.2, 0) is 11.3 Å². The number of hydrogen-bond donors (Lipinski definition) is 1. The van der Waals surface area contributed by atoms with Crippen LogP contribution in [0.15, 0.2) is 18.3 Å². The van der Waals surface area contributed by atoms with E-state index in [1.807, 2.05) is 32.2 Å². The van der Waals surface area contributed by atoms with Crippen LogP contribution in [0.5, 0.6) is 0 Å². The largest absolute Gasteiger partial charge is 0.481 e. The monoisotopic (exact) mass is 236 g/mol. The Bertz CT molecular complexity index is 362. The van der Waals surface area contributed by atoms with Crippen LogP contribution in [-0.4, -0.2) is 34.0 Å².